The van der Waals surface area contributed by atoms with Gasteiger partial charge in [-0.1, -0.05) is 12.7 Å². The van der Waals surface area contributed by atoms with Crippen molar-refractivity contribution in [2.24, 2.45) is 5.92 Å². The highest BCUT2D eigenvalue weighted by Crippen LogP contribution is 2.16. The van der Waals surface area contributed by atoms with Gasteiger partial charge in [0.25, 0.3) is 0 Å². The van der Waals surface area contributed by atoms with E-state index in [1.165, 1.54) is 6.08 Å². The number of carbonyl (C=O) groups is 3. The second-order valence-corrected chi connectivity index (χ2v) is 5.37. The van der Waals surface area contributed by atoms with Crippen LogP contribution in [0.15, 0.2) is 24.9 Å². The number of nitrogens with zero attached hydrogens (tertiary/aromatic N) is 2. The Morgan fingerprint density at radius 1 is 1.35 bits per heavy atom. The number of hydrogen-bond acceptors (Lipinski definition) is 6. The molecular weight excluding hydrogens is 300 g/mol. The standard InChI is InChI=1S/C15H22N4O4/c1-3-5-19-14(21)12(13(20)17-15(19)22)11(2)16-4-6-18-7-9-23-10-8-18/h3,12,16H,1-2,4-10H2,(H,17,20,22)/t12-/m1/s1. The van der Waals surface area contributed by atoms with Gasteiger partial charge in [-0.05, 0) is 0 Å². The van der Waals surface area contributed by atoms with Crippen molar-refractivity contribution < 1.29 is 19.1 Å². The Labute approximate surface area is 135 Å². The Morgan fingerprint density at radius 2 is 2.04 bits per heavy atom. The van der Waals surface area contributed by atoms with Crippen molar-refractivity contribution in [1.29, 1.82) is 0 Å². The van der Waals surface area contributed by atoms with Crippen LogP contribution in [0.3, 0.4) is 0 Å². The van der Waals surface area contributed by atoms with Gasteiger partial charge >= 0.3 is 6.03 Å². The lowest BCUT2D eigenvalue weighted by atomic mass is 10.0. The molecule has 23 heavy (non-hydrogen) atoms. The van der Waals surface area contributed by atoms with Crippen molar-refractivity contribution in [2.45, 2.75) is 0 Å². The van der Waals surface area contributed by atoms with Crippen LogP contribution in [0.4, 0.5) is 4.79 Å². The van der Waals surface area contributed by atoms with Crippen LogP contribution in [0, 0.1) is 5.92 Å². The van der Waals surface area contributed by atoms with Gasteiger partial charge in [-0.3, -0.25) is 24.7 Å². The van der Waals surface area contributed by atoms with Crippen LogP contribution in [0.5, 0.6) is 0 Å². The molecule has 0 spiro atoms. The van der Waals surface area contributed by atoms with E-state index in [0.717, 1.165) is 24.5 Å². The first kappa shape index (κ1) is 17.2. The lowest BCUT2D eigenvalue weighted by molar-refractivity contribution is -0.140. The van der Waals surface area contributed by atoms with Crippen LogP contribution >= 0.6 is 0 Å². The molecule has 0 aromatic carbocycles. The highest BCUT2D eigenvalue weighted by atomic mass is 16.5. The first-order valence-electron chi connectivity index (χ1n) is 7.54. The number of ether oxygens (including phenoxy) is 1. The first-order valence-corrected chi connectivity index (χ1v) is 7.54. The van der Waals surface area contributed by atoms with Gasteiger partial charge in [0.1, 0.15) is 0 Å². The molecule has 8 heteroatoms. The number of morpholine rings is 1. The minimum absolute atomic E-state index is 0.0511. The summed E-state index contributed by atoms with van der Waals surface area (Å²) in [5, 5.41) is 5.18. The molecule has 0 unspecified atom stereocenters. The predicted molar refractivity (Wildman–Crippen MR) is 83.3 cm³/mol. The summed E-state index contributed by atoms with van der Waals surface area (Å²) in [6.07, 6.45) is 1.43. The number of hydrogen-bond donors (Lipinski definition) is 2. The molecule has 0 aliphatic carbocycles. The van der Waals surface area contributed by atoms with Gasteiger partial charge < -0.3 is 10.1 Å². The number of carbonyl (C=O) groups excluding carboxylic acids is 3. The number of amides is 4. The van der Waals surface area contributed by atoms with Gasteiger partial charge in [0.2, 0.25) is 11.8 Å². The minimum Gasteiger partial charge on any atom is -0.386 e. The summed E-state index contributed by atoms with van der Waals surface area (Å²) in [5.41, 5.74) is 0.294. The van der Waals surface area contributed by atoms with Crippen molar-refractivity contribution in [2.75, 3.05) is 45.9 Å². The van der Waals surface area contributed by atoms with Crippen LogP contribution in [0.25, 0.3) is 0 Å². The third-order valence-corrected chi connectivity index (χ3v) is 3.79. The molecule has 0 aromatic rings. The maximum absolute atomic E-state index is 12.3. The zero-order valence-electron chi connectivity index (χ0n) is 13.0. The Bertz CT molecular complexity index is 514. The van der Waals surface area contributed by atoms with Gasteiger partial charge in [0.05, 0.1) is 13.2 Å². The number of urea groups is 1. The summed E-state index contributed by atoms with van der Waals surface area (Å²) in [4.78, 5) is 39.1. The third kappa shape index (κ3) is 4.17. The SMILES string of the molecule is C=CCN1C(=O)NC(=O)[C@@H](C(=C)NCCN2CCOCC2)C1=O. The monoisotopic (exact) mass is 322 g/mol. The Hall–Kier alpha value is -2.19. The predicted octanol–water partition coefficient (Wildman–Crippen LogP) is -0.697. The summed E-state index contributed by atoms with van der Waals surface area (Å²) >= 11 is 0. The molecule has 0 aromatic heterocycles. The summed E-state index contributed by atoms with van der Waals surface area (Å²) in [5.74, 6) is -2.33. The number of imide groups is 2. The summed E-state index contributed by atoms with van der Waals surface area (Å²) < 4.78 is 5.27. The first-order chi connectivity index (χ1) is 11.0. The van der Waals surface area contributed by atoms with E-state index in [-0.39, 0.29) is 6.54 Å². The zero-order chi connectivity index (χ0) is 16.8. The minimum atomic E-state index is -1.10. The normalized spacial score (nSPS) is 22.7. The van der Waals surface area contributed by atoms with Gasteiger partial charge in [-0.15, -0.1) is 6.58 Å². The Balaban J connectivity index is 1.88. The van der Waals surface area contributed by atoms with Crippen molar-refractivity contribution in [3.05, 3.63) is 24.9 Å². The summed E-state index contributed by atoms with van der Waals surface area (Å²) in [7, 11) is 0. The number of nitrogens with one attached hydrogen (secondary N) is 2. The second-order valence-electron chi connectivity index (χ2n) is 5.37. The molecular formula is C15H22N4O4. The average Bonchev–Trinajstić information content (AvgIpc) is 2.52. The van der Waals surface area contributed by atoms with Gasteiger partial charge in [-0.25, -0.2) is 4.79 Å². The van der Waals surface area contributed by atoms with E-state index in [4.69, 9.17) is 4.74 Å². The van der Waals surface area contributed by atoms with E-state index in [1.54, 1.807) is 0 Å². The molecule has 2 N–H and O–H groups in total. The third-order valence-electron chi connectivity index (χ3n) is 3.79. The lowest BCUT2D eigenvalue weighted by Gasteiger charge is -2.31. The smallest absolute Gasteiger partial charge is 0.331 e. The molecule has 0 saturated carbocycles. The molecule has 2 fully saturated rings. The Morgan fingerprint density at radius 3 is 2.70 bits per heavy atom. The maximum atomic E-state index is 12.3. The van der Waals surface area contributed by atoms with Crippen LogP contribution in [-0.4, -0.2) is 73.6 Å². The van der Waals surface area contributed by atoms with Crippen LogP contribution in [-0.2, 0) is 14.3 Å². The highest BCUT2D eigenvalue weighted by Gasteiger charge is 2.41. The summed E-state index contributed by atoms with van der Waals surface area (Å²) in [6.45, 7) is 11.8. The molecule has 2 rings (SSSR count). The molecule has 2 saturated heterocycles. The van der Waals surface area contributed by atoms with Gasteiger partial charge in [0, 0.05) is 38.4 Å². The average molecular weight is 322 g/mol. The Kier molecular flexibility index (Phi) is 5.89. The fourth-order valence-corrected chi connectivity index (χ4v) is 2.52. The lowest BCUT2D eigenvalue weighted by Crippen LogP contribution is -2.59. The molecule has 0 bridgehead atoms. The molecule has 126 valence electrons. The number of rotatable bonds is 7. The number of barbiturate groups is 1. The molecule has 2 aliphatic heterocycles. The van der Waals surface area contributed by atoms with E-state index >= 15 is 0 Å². The van der Waals surface area contributed by atoms with Crippen molar-refractivity contribution in [3.63, 3.8) is 0 Å². The molecule has 2 aliphatic rings. The quantitative estimate of drug-likeness (QED) is 0.476. The molecule has 4 amide bonds. The van der Waals surface area contributed by atoms with Gasteiger partial charge in [-0.2, -0.15) is 0 Å². The second kappa shape index (κ2) is 7.89. The fraction of sp³-hybridized carbons (Fsp3) is 0.533. The van der Waals surface area contributed by atoms with Crippen molar-refractivity contribution >= 4 is 17.8 Å². The van der Waals surface area contributed by atoms with E-state index < -0.39 is 23.8 Å². The van der Waals surface area contributed by atoms with Crippen LogP contribution < -0.4 is 10.6 Å². The van der Waals surface area contributed by atoms with E-state index in [0.29, 0.717) is 25.5 Å². The molecule has 8 nitrogen and oxygen atoms in total. The largest absolute Gasteiger partial charge is 0.386 e. The zero-order valence-corrected chi connectivity index (χ0v) is 13.0. The molecule has 1 atom stereocenters. The van der Waals surface area contributed by atoms with Crippen LogP contribution in [0.1, 0.15) is 0 Å². The van der Waals surface area contributed by atoms with E-state index in [9.17, 15) is 14.4 Å². The molecule has 2 heterocycles. The van der Waals surface area contributed by atoms with Gasteiger partial charge in [0.15, 0.2) is 5.92 Å². The summed E-state index contributed by atoms with van der Waals surface area (Å²) in [6, 6.07) is -0.725. The highest BCUT2D eigenvalue weighted by molar-refractivity contribution is 6.17. The molecule has 0 radical (unpaired) electrons. The van der Waals surface area contributed by atoms with E-state index in [1.807, 2.05) is 0 Å². The topological polar surface area (TPSA) is 91.0 Å². The van der Waals surface area contributed by atoms with Crippen molar-refractivity contribution in [3.8, 4) is 0 Å². The maximum Gasteiger partial charge on any atom is 0.331 e. The fourth-order valence-electron chi connectivity index (χ4n) is 2.52. The van der Waals surface area contributed by atoms with E-state index in [2.05, 4.69) is 28.7 Å². The van der Waals surface area contributed by atoms with Crippen molar-refractivity contribution in [1.82, 2.24) is 20.4 Å². The van der Waals surface area contributed by atoms with Crippen LogP contribution in [0.2, 0.25) is 0 Å².